The Morgan fingerprint density at radius 3 is 2.38 bits per heavy atom. The molecular weight excluding hydrogens is 202 g/mol. The zero-order valence-electron chi connectivity index (χ0n) is 10.9. The molecule has 0 aromatic heterocycles. The van der Waals surface area contributed by atoms with Crippen LogP contribution in [0.2, 0.25) is 0 Å². The van der Waals surface area contributed by atoms with Crippen LogP contribution in [0.1, 0.15) is 47.0 Å². The molecule has 16 heavy (non-hydrogen) atoms. The molecule has 1 N–H and O–H groups in total. The molecule has 0 amide bonds. The van der Waals surface area contributed by atoms with Gasteiger partial charge >= 0.3 is 5.97 Å². The van der Waals surface area contributed by atoms with E-state index in [-0.39, 0.29) is 12.0 Å². The van der Waals surface area contributed by atoms with Crippen molar-refractivity contribution >= 4 is 5.97 Å². The molecule has 0 bridgehead atoms. The first-order chi connectivity index (χ1) is 7.43. The molecule has 2 atom stereocenters. The van der Waals surface area contributed by atoms with E-state index in [2.05, 4.69) is 32.6 Å². The van der Waals surface area contributed by atoms with Crippen LogP contribution in [0.25, 0.3) is 0 Å². The standard InChI is InChI=1S/C13H25NO2/c1-9(2)8-14(10(3)4)12-7-5-6-11(12)13(15)16/h9-12H,5-8H2,1-4H3,(H,15,16). The summed E-state index contributed by atoms with van der Waals surface area (Å²) in [5.41, 5.74) is 0. The van der Waals surface area contributed by atoms with E-state index >= 15 is 0 Å². The van der Waals surface area contributed by atoms with Crippen LogP contribution in [-0.2, 0) is 4.79 Å². The third-order valence-corrected chi connectivity index (χ3v) is 3.46. The van der Waals surface area contributed by atoms with E-state index < -0.39 is 5.97 Å². The van der Waals surface area contributed by atoms with Gasteiger partial charge in [0.05, 0.1) is 5.92 Å². The second kappa shape index (κ2) is 5.67. The Morgan fingerprint density at radius 2 is 1.94 bits per heavy atom. The van der Waals surface area contributed by atoms with Crippen LogP contribution in [0.5, 0.6) is 0 Å². The van der Waals surface area contributed by atoms with E-state index in [1.165, 1.54) is 0 Å². The summed E-state index contributed by atoms with van der Waals surface area (Å²) in [4.78, 5) is 13.6. The average molecular weight is 227 g/mol. The Morgan fingerprint density at radius 1 is 1.31 bits per heavy atom. The van der Waals surface area contributed by atoms with Crippen molar-refractivity contribution in [2.24, 2.45) is 11.8 Å². The number of hydrogen-bond acceptors (Lipinski definition) is 2. The maximum absolute atomic E-state index is 11.2. The Kier molecular flexibility index (Phi) is 4.78. The third kappa shape index (κ3) is 3.21. The summed E-state index contributed by atoms with van der Waals surface area (Å²) in [7, 11) is 0. The molecular formula is C13H25NO2. The highest BCUT2D eigenvalue weighted by Gasteiger charge is 2.37. The normalized spacial score (nSPS) is 25.9. The minimum absolute atomic E-state index is 0.152. The summed E-state index contributed by atoms with van der Waals surface area (Å²) >= 11 is 0. The van der Waals surface area contributed by atoms with Gasteiger partial charge < -0.3 is 5.11 Å². The van der Waals surface area contributed by atoms with Crippen LogP contribution < -0.4 is 0 Å². The Labute approximate surface area is 98.8 Å². The fraction of sp³-hybridized carbons (Fsp3) is 0.923. The number of rotatable bonds is 5. The highest BCUT2D eigenvalue weighted by Crippen LogP contribution is 2.31. The molecule has 1 fully saturated rings. The van der Waals surface area contributed by atoms with E-state index in [4.69, 9.17) is 0 Å². The fourth-order valence-electron chi connectivity index (χ4n) is 2.78. The summed E-state index contributed by atoms with van der Waals surface area (Å²) in [6.07, 6.45) is 2.95. The molecule has 1 saturated carbocycles. The SMILES string of the molecule is CC(C)CN(C(C)C)C1CCCC1C(=O)O. The second-order valence-corrected chi connectivity index (χ2v) is 5.63. The Bertz CT molecular complexity index is 238. The number of carboxylic acid groups (broad SMARTS) is 1. The summed E-state index contributed by atoms with van der Waals surface area (Å²) in [5.74, 6) is -0.171. The second-order valence-electron chi connectivity index (χ2n) is 5.63. The average Bonchev–Trinajstić information content (AvgIpc) is 2.61. The summed E-state index contributed by atoms with van der Waals surface area (Å²) in [5, 5.41) is 9.22. The van der Waals surface area contributed by atoms with Gasteiger partial charge in [-0.3, -0.25) is 9.69 Å². The number of carbonyl (C=O) groups is 1. The summed E-state index contributed by atoms with van der Waals surface area (Å²) in [6, 6.07) is 0.687. The quantitative estimate of drug-likeness (QED) is 0.785. The van der Waals surface area contributed by atoms with Crippen LogP contribution in [0.4, 0.5) is 0 Å². The lowest BCUT2D eigenvalue weighted by atomic mass is 9.99. The van der Waals surface area contributed by atoms with Crippen LogP contribution in [0, 0.1) is 11.8 Å². The largest absolute Gasteiger partial charge is 0.481 e. The number of nitrogens with zero attached hydrogens (tertiary/aromatic N) is 1. The molecule has 0 radical (unpaired) electrons. The van der Waals surface area contributed by atoms with Crippen LogP contribution >= 0.6 is 0 Å². The molecule has 0 aromatic carbocycles. The lowest BCUT2D eigenvalue weighted by molar-refractivity contribution is -0.143. The van der Waals surface area contributed by atoms with E-state index in [1.807, 2.05) is 0 Å². The minimum atomic E-state index is -0.614. The predicted octanol–water partition coefficient (Wildman–Crippen LogP) is 2.61. The maximum Gasteiger partial charge on any atom is 0.308 e. The van der Waals surface area contributed by atoms with Crippen molar-refractivity contribution in [3.05, 3.63) is 0 Å². The van der Waals surface area contributed by atoms with Crippen molar-refractivity contribution in [2.75, 3.05) is 6.54 Å². The van der Waals surface area contributed by atoms with Gasteiger partial charge in [-0.1, -0.05) is 20.3 Å². The van der Waals surface area contributed by atoms with E-state index in [1.54, 1.807) is 0 Å². The Hall–Kier alpha value is -0.570. The van der Waals surface area contributed by atoms with Crippen LogP contribution in [-0.4, -0.2) is 34.6 Å². The fourth-order valence-corrected chi connectivity index (χ4v) is 2.78. The minimum Gasteiger partial charge on any atom is -0.481 e. The Balaban J connectivity index is 2.73. The van der Waals surface area contributed by atoms with Crippen molar-refractivity contribution < 1.29 is 9.90 Å². The molecule has 1 aliphatic carbocycles. The zero-order chi connectivity index (χ0) is 12.3. The molecule has 94 valence electrons. The number of hydrogen-bond donors (Lipinski definition) is 1. The molecule has 1 rings (SSSR count). The van der Waals surface area contributed by atoms with Gasteiger partial charge in [0.15, 0.2) is 0 Å². The molecule has 0 spiro atoms. The van der Waals surface area contributed by atoms with Crippen molar-refractivity contribution in [3.8, 4) is 0 Å². The lowest BCUT2D eigenvalue weighted by Crippen LogP contribution is -2.46. The van der Waals surface area contributed by atoms with Crippen molar-refractivity contribution in [1.29, 1.82) is 0 Å². The van der Waals surface area contributed by atoms with E-state index in [9.17, 15) is 9.90 Å². The van der Waals surface area contributed by atoms with Gasteiger partial charge in [0.1, 0.15) is 0 Å². The van der Waals surface area contributed by atoms with Crippen LogP contribution in [0.3, 0.4) is 0 Å². The van der Waals surface area contributed by atoms with Gasteiger partial charge in [0.2, 0.25) is 0 Å². The molecule has 3 heteroatoms. The lowest BCUT2D eigenvalue weighted by Gasteiger charge is -2.36. The van der Waals surface area contributed by atoms with Crippen molar-refractivity contribution in [1.82, 2.24) is 4.90 Å². The summed E-state index contributed by atoms with van der Waals surface area (Å²) < 4.78 is 0. The molecule has 3 nitrogen and oxygen atoms in total. The number of carboxylic acids is 1. The zero-order valence-corrected chi connectivity index (χ0v) is 10.9. The molecule has 2 unspecified atom stereocenters. The van der Waals surface area contributed by atoms with Crippen molar-refractivity contribution in [2.45, 2.75) is 59.0 Å². The predicted molar refractivity (Wildman–Crippen MR) is 65.4 cm³/mol. The molecule has 1 aliphatic rings. The van der Waals surface area contributed by atoms with Crippen molar-refractivity contribution in [3.63, 3.8) is 0 Å². The molecule has 0 heterocycles. The molecule has 0 aliphatic heterocycles. The monoisotopic (exact) mass is 227 g/mol. The topological polar surface area (TPSA) is 40.5 Å². The third-order valence-electron chi connectivity index (χ3n) is 3.46. The first kappa shape index (κ1) is 13.5. The van der Waals surface area contributed by atoms with E-state index in [0.717, 1.165) is 25.8 Å². The van der Waals surface area contributed by atoms with Gasteiger partial charge in [-0.25, -0.2) is 0 Å². The van der Waals surface area contributed by atoms with Gasteiger partial charge in [-0.15, -0.1) is 0 Å². The summed E-state index contributed by atoms with van der Waals surface area (Å²) in [6.45, 7) is 9.73. The van der Waals surface area contributed by atoms with Gasteiger partial charge in [-0.05, 0) is 32.6 Å². The van der Waals surface area contributed by atoms with Gasteiger partial charge in [-0.2, -0.15) is 0 Å². The highest BCUT2D eigenvalue weighted by molar-refractivity contribution is 5.71. The smallest absolute Gasteiger partial charge is 0.308 e. The molecule has 0 aromatic rings. The number of aliphatic carboxylic acids is 1. The first-order valence-electron chi connectivity index (χ1n) is 6.42. The first-order valence-corrected chi connectivity index (χ1v) is 6.42. The highest BCUT2D eigenvalue weighted by atomic mass is 16.4. The van der Waals surface area contributed by atoms with Gasteiger partial charge in [0.25, 0.3) is 0 Å². The van der Waals surface area contributed by atoms with Gasteiger partial charge in [0, 0.05) is 18.6 Å². The maximum atomic E-state index is 11.2. The van der Waals surface area contributed by atoms with E-state index in [0.29, 0.717) is 12.0 Å². The van der Waals surface area contributed by atoms with Crippen LogP contribution in [0.15, 0.2) is 0 Å². The molecule has 0 saturated heterocycles.